The molecule has 0 radical (unpaired) electrons. The van der Waals surface area contributed by atoms with E-state index in [1.54, 1.807) is 6.07 Å². The summed E-state index contributed by atoms with van der Waals surface area (Å²) in [4.78, 5) is 24.4. The summed E-state index contributed by atoms with van der Waals surface area (Å²) in [6.07, 6.45) is -0.934. The van der Waals surface area contributed by atoms with Crippen LogP contribution in [-0.4, -0.2) is 23.8 Å². The second-order valence-electron chi connectivity index (χ2n) is 6.89. The molecular weight excluding hydrogens is 490 g/mol. The van der Waals surface area contributed by atoms with Gasteiger partial charge in [0.15, 0.2) is 0 Å². The quantitative estimate of drug-likeness (QED) is 0.416. The van der Waals surface area contributed by atoms with Crippen LogP contribution in [0.4, 0.5) is 4.79 Å². The molecule has 1 heterocycles. The molecule has 5 nitrogen and oxygen atoms in total. The molecule has 0 saturated carbocycles. The van der Waals surface area contributed by atoms with Crippen molar-refractivity contribution in [2.24, 2.45) is 0 Å². The summed E-state index contributed by atoms with van der Waals surface area (Å²) in [5.41, 5.74) is 4.51. The minimum Gasteiger partial charge on any atom is -0.481 e. The SMILES string of the molecule is O=C(O)CC(NC(=O)OCC1c2ccccc2-c2ccccc21)c1cc(Cl)c(Br)s1. The van der Waals surface area contributed by atoms with Gasteiger partial charge in [-0.3, -0.25) is 4.79 Å². The van der Waals surface area contributed by atoms with Crippen LogP contribution in [-0.2, 0) is 9.53 Å². The molecule has 3 aromatic rings. The molecule has 30 heavy (non-hydrogen) atoms. The summed E-state index contributed by atoms with van der Waals surface area (Å²) in [6, 6.07) is 17.1. The number of benzene rings is 2. The van der Waals surface area contributed by atoms with Crippen molar-refractivity contribution in [2.75, 3.05) is 6.61 Å². The predicted octanol–water partition coefficient (Wildman–Crippen LogP) is 6.22. The maximum Gasteiger partial charge on any atom is 0.407 e. The summed E-state index contributed by atoms with van der Waals surface area (Å²) < 4.78 is 6.21. The fraction of sp³-hybridized carbons (Fsp3) is 0.182. The molecule has 4 rings (SSSR count). The van der Waals surface area contributed by atoms with E-state index in [-0.39, 0.29) is 18.9 Å². The number of thiophene rings is 1. The van der Waals surface area contributed by atoms with Gasteiger partial charge in [0, 0.05) is 10.8 Å². The number of ether oxygens (including phenoxy) is 1. The van der Waals surface area contributed by atoms with E-state index in [1.165, 1.54) is 11.3 Å². The van der Waals surface area contributed by atoms with Gasteiger partial charge in [0.25, 0.3) is 0 Å². The first-order chi connectivity index (χ1) is 14.4. The lowest BCUT2D eigenvalue weighted by Crippen LogP contribution is -2.31. The zero-order valence-electron chi connectivity index (χ0n) is 15.6. The van der Waals surface area contributed by atoms with Crippen LogP contribution >= 0.6 is 38.9 Å². The molecule has 1 amide bonds. The van der Waals surface area contributed by atoms with Crippen LogP contribution in [0.2, 0.25) is 5.02 Å². The van der Waals surface area contributed by atoms with E-state index >= 15 is 0 Å². The van der Waals surface area contributed by atoms with Crippen LogP contribution in [0.1, 0.15) is 34.4 Å². The third kappa shape index (κ3) is 4.24. The Morgan fingerprint density at radius 3 is 2.27 bits per heavy atom. The Hall–Kier alpha value is -2.35. The molecule has 0 fully saturated rings. The third-order valence-corrected chi connectivity index (χ3v) is 7.61. The number of hydrogen-bond acceptors (Lipinski definition) is 4. The molecule has 0 saturated heterocycles. The van der Waals surface area contributed by atoms with E-state index < -0.39 is 18.1 Å². The third-order valence-electron chi connectivity index (χ3n) is 5.02. The van der Waals surface area contributed by atoms with Crippen molar-refractivity contribution in [3.63, 3.8) is 0 Å². The molecule has 0 aliphatic heterocycles. The predicted molar refractivity (Wildman–Crippen MR) is 120 cm³/mol. The number of carbonyl (C=O) groups is 2. The van der Waals surface area contributed by atoms with Crippen LogP contribution in [0.3, 0.4) is 0 Å². The van der Waals surface area contributed by atoms with Gasteiger partial charge in [-0.15, -0.1) is 11.3 Å². The Labute approximate surface area is 190 Å². The highest BCUT2D eigenvalue weighted by atomic mass is 79.9. The fourth-order valence-electron chi connectivity index (χ4n) is 3.71. The van der Waals surface area contributed by atoms with Gasteiger partial charge < -0.3 is 15.2 Å². The molecule has 1 aromatic heterocycles. The van der Waals surface area contributed by atoms with Crippen molar-refractivity contribution >= 4 is 50.9 Å². The van der Waals surface area contributed by atoms with Gasteiger partial charge in [0.2, 0.25) is 0 Å². The number of alkyl carbamates (subject to hydrolysis) is 1. The first kappa shape index (κ1) is 20.9. The van der Waals surface area contributed by atoms with E-state index in [2.05, 4.69) is 33.4 Å². The summed E-state index contributed by atoms with van der Waals surface area (Å²) in [7, 11) is 0. The van der Waals surface area contributed by atoms with Gasteiger partial charge in [-0.2, -0.15) is 0 Å². The normalized spacial score (nSPS) is 13.4. The number of carboxylic acids is 1. The number of fused-ring (bicyclic) bond motifs is 3. The van der Waals surface area contributed by atoms with Crippen LogP contribution in [0.5, 0.6) is 0 Å². The Morgan fingerprint density at radius 1 is 1.13 bits per heavy atom. The van der Waals surface area contributed by atoms with Crippen LogP contribution in [0, 0.1) is 0 Å². The lowest BCUT2D eigenvalue weighted by Gasteiger charge is -2.18. The number of carboxylic acid groups (broad SMARTS) is 1. The second-order valence-corrected chi connectivity index (χ2v) is 9.70. The molecule has 1 unspecified atom stereocenters. The molecule has 2 aromatic carbocycles. The molecule has 1 atom stereocenters. The van der Waals surface area contributed by atoms with E-state index in [0.29, 0.717) is 13.7 Å². The van der Waals surface area contributed by atoms with Crippen LogP contribution in [0.25, 0.3) is 11.1 Å². The average Bonchev–Trinajstić information content (AvgIpc) is 3.23. The monoisotopic (exact) mass is 505 g/mol. The number of hydrogen-bond donors (Lipinski definition) is 2. The van der Waals surface area contributed by atoms with Crippen molar-refractivity contribution in [1.29, 1.82) is 0 Å². The standard InChI is InChI=1S/C22H17BrClNO4S/c23-21-17(24)9-19(30-21)18(10-20(26)27)25-22(28)29-11-16-14-7-3-1-5-12(14)13-6-2-4-8-15(13)16/h1-9,16,18H,10-11H2,(H,25,28)(H,26,27). The van der Waals surface area contributed by atoms with Gasteiger partial charge in [0.1, 0.15) is 6.61 Å². The van der Waals surface area contributed by atoms with E-state index in [9.17, 15) is 14.7 Å². The first-order valence-electron chi connectivity index (χ1n) is 9.22. The Balaban J connectivity index is 1.48. The van der Waals surface area contributed by atoms with Gasteiger partial charge in [-0.1, -0.05) is 60.1 Å². The number of rotatable bonds is 6. The minimum absolute atomic E-state index is 0.0635. The second kappa shape index (κ2) is 8.79. The van der Waals surface area contributed by atoms with Gasteiger partial charge in [-0.25, -0.2) is 4.79 Å². The topological polar surface area (TPSA) is 75.6 Å². The summed E-state index contributed by atoms with van der Waals surface area (Å²) in [5, 5.41) is 12.4. The van der Waals surface area contributed by atoms with Gasteiger partial charge in [-0.05, 0) is 44.3 Å². The van der Waals surface area contributed by atoms with Crippen molar-refractivity contribution in [2.45, 2.75) is 18.4 Å². The number of carbonyl (C=O) groups excluding carboxylic acids is 1. The summed E-state index contributed by atoms with van der Waals surface area (Å²) >= 11 is 10.7. The van der Waals surface area contributed by atoms with Crippen molar-refractivity contribution in [3.05, 3.63) is 79.4 Å². The number of amides is 1. The van der Waals surface area contributed by atoms with Gasteiger partial charge >= 0.3 is 12.1 Å². The smallest absolute Gasteiger partial charge is 0.407 e. The molecule has 0 spiro atoms. The Bertz CT molecular complexity index is 1050. The highest BCUT2D eigenvalue weighted by Gasteiger charge is 2.29. The van der Waals surface area contributed by atoms with Crippen molar-refractivity contribution < 1.29 is 19.4 Å². The van der Waals surface area contributed by atoms with Crippen LogP contribution in [0.15, 0.2) is 58.4 Å². The molecule has 0 bridgehead atoms. The maximum atomic E-state index is 12.5. The highest BCUT2D eigenvalue weighted by molar-refractivity contribution is 9.11. The van der Waals surface area contributed by atoms with E-state index in [0.717, 1.165) is 22.3 Å². The molecule has 1 aliphatic carbocycles. The lowest BCUT2D eigenvalue weighted by atomic mass is 9.98. The number of nitrogens with one attached hydrogen (secondary N) is 1. The fourth-order valence-corrected chi connectivity index (χ4v) is 5.51. The summed E-state index contributed by atoms with van der Waals surface area (Å²) in [6.45, 7) is 0.161. The Morgan fingerprint density at radius 2 is 1.73 bits per heavy atom. The molecule has 2 N–H and O–H groups in total. The largest absolute Gasteiger partial charge is 0.481 e. The molecule has 8 heteroatoms. The molecular formula is C22H17BrClNO4S. The average molecular weight is 507 g/mol. The zero-order valence-corrected chi connectivity index (χ0v) is 18.8. The summed E-state index contributed by atoms with van der Waals surface area (Å²) in [5.74, 6) is -1.09. The first-order valence-corrected chi connectivity index (χ1v) is 11.2. The maximum absolute atomic E-state index is 12.5. The number of aliphatic carboxylic acids is 1. The highest BCUT2D eigenvalue weighted by Crippen LogP contribution is 2.44. The lowest BCUT2D eigenvalue weighted by molar-refractivity contribution is -0.137. The molecule has 154 valence electrons. The van der Waals surface area contributed by atoms with Gasteiger partial charge in [0.05, 0.1) is 21.3 Å². The van der Waals surface area contributed by atoms with E-state index in [4.69, 9.17) is 16.3 Å². The molecule has 1 aliphatic rings. The Kier molecular flexibility index (Phi) is 6.13. The number of halogens is 2. The minimum atomic E-state index is -1.03. The zero-order chi connectivity index (χ0) is 21.3. The van der Waals surface area contributed by atoms with Crippen molar-refractivity contribution in [3.8, 4) is 11.1 Å². The van der Waals surface area contributed by atoms with Crippen molar-refractivity contribution in [1.82, 2.24) is 5.32 Å². The van der Waals surface area contributed by atoms with Crippen LogP contribution < -0.4 is 5.32 Å². The van der Waals surface area contributed by atoms with E-state index in [1.807, 2.05) is 36.4 Å².